The largest absolute Gasteiger partial charge is 0.337 e. The number of hydrogen-bond acceptors (Lipinski definition) is 2. The zero-order chi connectivity index (χ0) is 12.0. The maximum absolute atomic E-state index is 11.4. The SMILES string of the molecule is CN(C)CCNC(=O)Nc1ccc(Br)cc1. The van der Waals surface area contributed by atoms with Crippen LogP contribution in [-0.4, -0.2) is 38.1 Å². The number of likely N-dealkylation sites (N-methyl/N-ethyl adjacent to an activating group) is 1. The number of halogens is 1. The lowest BCUT2D eigenvalue weighted by atomic mass is 10.3. The average molecular weight is 286 g/mol. The number of carbonyl (C=O) groups is 1. The van der Waals surface area contributed by atoms with Gasteiger partial charge in [0, 0.05) is 23.2 Å². The zero-order valence-electron chi connectivity index (χ0n) is 9.46. The molecule has 1 rings (SSSR count). The fraction of sp³-hybridized carbons (Fsp3) is 0.364. The monoisotopic (exact) mass is 285 g/mol. The van der Waals surface area contributed by atoms with Gasteiger partial charge in [-0.15, -0.1) is 0 Å². The summed E-state index contributed by atoms with van der Waals surface area (Å²) in [5.41, 5.74) is 0.783. The van der Waals surface area contributed by atoms with E-state index >= 15 is 0 Å². The van der Waals surface area contributed by atoms with Crippen molar-refractivity contribution < 1.29 is 4.79 Å². The van der Waals surface area contributed by atoms with Gasteiger partial charge in [-0.3, -0.25) is 0 Å². The molecule has 0 heterocycles. The minimum absolute atomic E-state index is 0.177. The summed E-state index contributed by atoms with van der Waals surface area (Å²) in [4.78, 5) is 13.4. The molecule has 1 aromatic carbocycles. The van der Waals surface area contributed by atoms with Gasteiger partial charge in [-0.25, -0.2) is 4.79 Å². The lowest BCUT2D eigenvalue weighted by Crippen LogP contribution is -2.34. The molecule has 4 nitrogen and oxygen atoms in total. The molecule has 0 aliphatic carbocycles. The number of hydrogen-bond donors (Lipinski definition) is 2. The van der Waals surface area contributed by atoms with Crippen LogP contribution in [0.5, 0.6) is 0 Å². The van der Waals surface area contributed by atoms with E-state index < -0.39 is 0 Å². The van der Waals surface area contributed by atoms with Gasteiger partial charge < -0.3 is 15.5 Å². The van der Waals surface area contributed by atoms with Crippen LogP contribution in [0.1, 0.15) is 0 Å². The van der Waals surface area contributed by atoms with Gasteiger partial charge >= 0.3 is 6.03 Å². The summed E-state index contributed by atoms with van der Waals surface area (Å²) in [5, 5.41) is 5.53. The van der Waals surface area contributed by atoms with Crippen molar-refractivity contribution in [2.45, 2.75) is 0 Å². The van der Waals surface area contributed by atoms with Crippen molar-refractivity contribution in [1.29, 1.82) is 0 Å². The maximum atomic E-state index is 11.4. The summed E-state index contributed by atoms with van der Waals surface area (Å²) < 4.78 is 0.992. The molecule has 5 heteroatoms. The van der Waals surface area contributed by atoms with E-state index in [1.807, 2.05) is 43.3 Å². The van der Waals surface area contributed by atoms with Crippen LogP contribution in [0.25, 0.3) is 0 Å². The Balaban J connectivity index is 2.31. The Morgan fingerprint density at radius 3 is 2.50 bits per heavy atom. The lowest BCUT2D eigenvalue weighted by molar-refractivity contribution is 0.250. The highest BCUT2D eigenvalue weighted by atomic mass is 79.9. The Labute approximate surface area is 104 Å². The molecule has 0 spiro atoms. The summed E-state index contributed by atoms with van der Waals surface area (Å²) in [6.07, 6.45) is 0. The van der Waals surface area contributed by atoms with E-state index in [-0.39, 0.29) is 6.03 Å². The van der Waals surface area contributed by atoms with E-state index in [9.17, 15) is 4.79 Å². The Kier molecular flexibility index (Phi) is 5.28. The minimum Gasteiger partial charge on any atom is -0.337 e. The highest BCUT2D eigenvalue weighted by Gasteiger charge is 2.00. The molecule has 0 aliphatic heterocycles. The van der Waals surface area contributed by atoms with Crippen molar-refractivity contribution >= 4 is 27.6 Å². The molecule has 0 saturated heterocycles. The molecular weight excluding hydrogens is 270 g/mol. The third-order valence-electron chi connectivity index (χ3n) is 1.95. The fourth-order valence-corrected chi connectivity index (χ4v) is 1.37. The first-order valence-electron chi connectivity index (χ1n) is 5.03. The number of nitrogens with zero attached hydrogens (tertiary/aromatic N) is 1. The predicted molar refractivity (Wildman–Crippen MR) is 69.7 cm³/mol. The first-order chi connectivity index (χ1) is 7.58. The van der Waals surface area contributed by atoms with Gasteiger partial charge in [0.05, 0.1) is 0 Å². The first-order valence-corrected chi connectivity index (χ1v) is 5.82. The van der Waals surface area contributed by atoms with Gasteiger partial charge in [0.1, 0.15) is 0 Å². The van der Waals surface area contributed by atoms with E-state index in [2.05, 4.69) is 26.6 Å². The smallest absolute Gasteiger partial charge is 0.319 e. The summed E-state index contributed by atoms with van der Waals surface area (Å²) in [5.74, 6) is 0. The molecule has 0 bridgehead atoms. The zero-order valence-corrected chi connectivity index (χ0v) is 11.0. The van der Waals surface area contributed by atoms with Crippen LogP contribution in [0.4, 0.5) is 10.5 Å². The van der Waals surface area contributed by atoms with Gasteiger partial charge in [-0.05, 0) is 38.4 Å². The Bertz CT molecular complexity index is 338. The van der Waals surface area contributed by atoms with Gasteiger partial charge in [0.25, 0.3) is 0 Å². The molecule has 0 aliphatic rings. The van der Waals surface area contributed by atoms with Crippen molar-refractivity contribution in [3.8, 4) is 0 Å². The Morgan fingerprint density at radius 2 is 1.94 bits per heavy atom. The van der Waals surface area contributed by atoms with Gasteiger partial charge in [0.2, 0.25) is 0 Å². The van der Waals surface area contributed by atoms with Crippen LogP contribution >= 0.6 is 15.9 Å². The first kappa shape index (κ1) is 13.0. The maximum Gasteiger partial charge on any atom is 0.319 e. The predicted octanol–water partition coefficient (Wildman–Crippen LogP) is 2.13. The molecule has 16 heavy (non-hydrogen) atoms. The van der Waals surface area contributed by atoms with E-state index in [4.69, 9.17) is 0 Å². The number of rotatable bonds is 4. The highest BCUT2D eigenvalue weighted by Crippen LogP contribution is 2.13. The highest BCUT2D eigenvalue weighted by molar-refractivity contribution is 9.10. The third-order valence-corrected chi connectivity index (χ3v) is 2.48. The second-order valence-corrected chi connectivity index (χ2v) is 4.61. The van der Waals surface area contributed by atoms with Crippen LogP contribution < -0.4 is 10.6 Å². The standard InChI is InChI=1S/C11H16BrN3O/c1-15(2)8-7-13-11(16)14-10-5-3-9(12)4-6-10/h3-6H,7-8H2,1-2H3,(H2,13,14,16). The molecule has 1 aromatic rings. The molecule has 0 unspecified atom stereocenters. The van der Waals surface area contributed by atoms with E-state index in [1.54, 1.807) is 0 Å². The number of anilines is 1. The molecule has 0 aromatic heterocycles. The van der Waals surface area contributed by atoms with Crippen LogP contribution in [-0.2, 0) is 0 Å². The van der Waals surface area contributed by atoms with Crippen molar-refractivity contribution in [2.24, 2.45) is 0 Å². The molecule has 0 fully saturated rings. The van der Waals surface area contributed by atoms with Crippen LogP contribution in [0.2, 0.25) is 0 Å². The summed E-state index contributed by atoms with van der Waals surface area (Å²) in [7, 11) is 3.93. The minimum atomic E-state index is -0.177. The molecule has 0 atom stereocenters. The second kappa shape index (κ2) is 6.50. The molecule has 88 valence electrons. The van der Waals surface area contributed by atoms with Gasteiger partial charge in [0.15, 0.2) is 0 Å². The van der Waals surface area contributed by atoms with Crippen molar-refractivity contribution in [1.82, 2.24) is 10.2 Å². The topological polar surface area (TPSA) is 44.4 Å². The van der Waals surface area contributed by atoms with Crippen LogP contribution in [0.15, 0.2) is 28.7 Å². The van der Waals surface area contributed by atoms with Gasteiger partial charge in [-0.2, -0.15) is 0 Å². The number of carbonyl (C=O) groups excluding carboxylic acids is 1. The average Bonchev–Trinajstić information content (AvgIpc) is 2.21. The molecule has 2 amide bonds. The van der Waals surface area contributed by atoms with Crippen molar-refractivity contribution in [3.63, 3.8) is 0 Å². The molecule has 0 saturated carbocycles. The number of amides is 2. The lowest BCUT2D eigenvalue weighted by Gasteiger charge is -2.11. The van der Waals surface area contributed by atoms with Crippen molar-refractivity contribution in [2.75, 3.05) is 32.5 Å². The Morgan fingerprint density at radius 1 is 1.31 bits per heavy atom. The summed E-state index contributed by atoms with van der Waals surface area (Å²) in [6, 6.07) is 7.28. The second-order valence-electron chi connectivity index (χ2n) is 3.69. The van der Waals surface area contributed by atoms with Crippen molar-refractivity contribution in [3.05, 3.63) is 28.7 Å². The molecule has 0 radical (unpaired) electrons. The summed E-state index contributed by atoms with van der Waals surface area (Å²) in [6.45, 7) is 1.46. The number of benzene rings is 1. The fourth-order valence-electron chi connectivity index (χ4n) is 1.10. The quantitative estimate of drug-likeness (QED) is 0.890. The Hall–Kier alpha value is -1.07. The number of nitrogens with one attached hydrogen (secondary N) is 2. The van der Waals surface area contributed by atoms with Gasteiger partial charge in [-0.1, -0.05) is 15.9 Å². The third kappa shape index (κ3) is 5.14. The molecule has 2 N–H and O–H groups in total. The van der Waals surface area contributed by atoms with E-state index in [0.717, 1.165) is 16.7 Å². The molecular formula is C11H16BrN3O. The van der Waals surface area contributed by atoms with Crippen LogP contribution in [0, 0.1) is 0 Å². The van der Waals surface area contributed by atoms with E-state index in [0.29, 0.717) is 6.54 Å². The normalized spacial score (nSPS) is 10.2. The van der Waals surface area contributed by atoms with Crippen LogP contribution in [0.3, 0.4) is 0 Å². The van der Waals surface area contributed by atoms with E-state index in [1.165, 1.54) is 0 Å². The summed E-state index contributed by atoms with van der Waals surface area (Å²) >= 11 is 3.34. The number of urea groups is 1.